The van der Waals surface area contributed by atoms with Crippen LogP contribution in [-0.2, 0) is 4.79 Å². The molecule has 1 fully saturated rings. The van der Waals surface area contributed by atoms with Crippen molar-refractivity contribution in [3.05, 3.63) is 47.5 Å². The number of carbonyl (C=O) groups excluding carboxylic acids is 1. The summed E-state index contributed by atoms with van der Waals surface area (Å²) in [6.45, 7) is 4.38. The Labute approximate surface area is 165 Å². The Morgan fingerprint density at radius 1 is 1.11 bits per heavy atom. The summed E-state index contributed by atoms with van der Waals surface area (Å²) in [6.07, 6.45) is 0. The fourth-order valence-corrected chi connectivity index (χ4v) is 3.18. The molecule has 0 atom stereocenters. The number of hydrogen-bond donors (Lipinski definition) is 2. The molecule has 2 aromatic rings. The van der Waals surface area contributed by atoms with E-state index >= 15 is 0 Å². The first-order valence-corrected chi connectivity index (χ1v) is 9.34. The van der Waals surface area contributed by atoms with E-state index in [1.807, 2.05) is 12.1 Å². The molecule has 144 valence electrons. The molecule has 0 aromatic heterocycles. The topological polar surface area (TPSA) is 56.8 Å². The van der Waals surface area contributed by atoms with Gasteiger partial charge in [-0.2, -0.15) is 0 Å². The van der Waals surface area contributed by atoms with E-state index < -0.39 is 0 Å². The molecule has 0 unspecified atom stereocenters. The number of ether oxygens (including phenoxy) is 1. The normalized spacial score (nSPS) is 14.7. The molecule has 27 heavy (non-hydrogen) atoms. The number of anilines is 3. The van der Waals surface area contributed by atoms with Crippen LogP contribution in [-0.4, -0.2) is 57.7 Å². The number of rotatable bonds is 6. The van der Waals surface area contributed by atoms with Gasteiger partial charge in [0.2, 0.25) is 5.91 Å². The molecule has 0 radical (unpaired) electrons. The lowest BCUT2D eigenvalue weighted by Gasteiger charge is -2.34. The van der Waals surface area contributed by atoms with Gasteiger partial charge >= 0.3 is 0 Å². The van der Waals surface area contributed by atoms with Gasteiger partial charge in [0.05, 0.1) is 19.3 Å². The first-order chi connectivity index (χ1) is 13.0. The predicted octanol–water partition coefficient (Wildman–Crippen LogP) is 3.15. The van der Waals surface area contributed by atoms with Gasteiger partial charge in [-0.05, 0) is 49.5 Å². The molecule has 2 aromatic carbocycles. The van der Waals surface area contributed by atoms with E-state index in [0.29, 0.717) is 16.5 Å². The third-order valence-corrected chi connectivity index (χ3v) is 4.86. The highest BCUT2D eigenvalue weighted by atomic mass is 35.5. The van der Waals surface area contributed by atoms with E-state index in [1.165, 1.54) is 5.69 Å². The molecule has 0 bridgehead atoms. The molecule has 1 saturated heterocycles. The van der Waals surface area contributed by atoms with Gasteiger partial charge in [0, 0.05) is 42.6 Å². The quantitative estimate of drug-likeness (QED) is 0.796. The van der Waals surface area contributed by atoms with Crippen LogP contribution in [0.3, 0.4) is 0 Å². The van der Waals surface area contributed by atoms with E-state index in [2.05, 4.69) is 39.6 Å². The minimum atomic E-state index is -0.168. The van der Waals surface area contributed by atoms with Gasteiger partial charge in [-0.3, -0.25) is 4.79 Å². The SMILES string of the molecule is COc1ccc(Cl)cc1NC(=O)CNc1ccc(N2CCN(C)CC2)cc1. The summed E-state index contributed by atoms with van der Waals surface area (Å²) in [5.41, 5.74) is 2.67. The predicted molar refractivity (Wildman–Crippen MR) is 111 cm³/mol. The van der Waals surface area contributed by atoms with Gasteiger partial charge in [-0.1, -0.05) is 11.6 Å². The van der Waals surface area contributed by atoms with Crippen LogP contribution >= 0.6 is 11.6 Å². The van der Waals surface area contributed by atoms with Crippen LogP contribution in [0.2, 0.25) is 5.02 Å². The number of likely N-dealkylation sites (N-methyl/N-ethyl adjacent to an activating group) is 1. The molecule has 1 aliphatic heterocycles. The molecular weight excluding hydrogens is 364 g/mol. The summed E-state index contributed by atoms with van der Waals surface area (Å²) in [5.74, 6) is 0.406. The Hall–Kier alpha value is -2.44. The van der Waals surface area contributed by atoms with Gasteiger partial charge in [0.25, 0.3) is 0 Å². The Morgan fingerprint density at radius 2 is 1.81 bits per heavy atom. The fourth-order valence-electron chi connectivity index (χ4n) is 3.01. The van der Waals surface area contributed by atoms with Gasteiger partial charge in [-0.25, -0.2) is 0 Å². The van der Waals surface area contributed by atoms with Crippen molar-refractivity contribution in [3.63, 3.8) is 0 Å². The van der Waals surface area contributed by atoms with Crippen LogP contribution in [0.1, 0.15) is 0 Å². The molecule has 7 heteroatoms. The van der Waals surface area contributed by atoms with Crippen LogP contribution < -0.4 is 20.3 Å². The molecule has 1 heterocycles. The number of benzene rings is 2. The Bertz CT molecular complexity index is 774. The maximum atomic E-state index is 12.2. The summed E-state index contributed by atoms with van der Waals surface area (Å²) in [7, 11) is 3.70. The average Bonchev–Trinajstić information content (AvgIpc) is 2.68. The number of nitrogens with one attached hydrogen (secondary N) is 2. The second kappa shape index (κ2) is 8.97. The third kappa shape index (κ3) is 5.28. The number of piperazine rings is 1. The molecule has 3 rings (SSSR count). The number of carbonyl (C=O) groups is 1. The van der Waals surface area contributed by atoms with Crippen molar-refractivity contribution in [1.29, 1.82) is 0 Å². The summed E-state index contributed by atoms with van der Waals surface area (Å²) in [6, 6.07) is 13.3. The molecule has 1 amide bonds. The zero-order valence-corrected chi connectivity index (χ0v) is 16.4. The molecule has 2 N–H and O–H groups in total. The number of hydrogen-bond acceptors (Lipinski definition) is 5. The Morgan fingerprint density at radius 3 is 2.48 bits per heavy atom. The van der Waals surface area contributed by atoms with Gasteiger partial charge in [-0.15, -0.1) is 0 Å². The van der Waals surface area contributed by atoms with Crippen LogP contribution in [0.5, 0.6) is 5.75 Å². The highest BCUT2D eigenvalue weighted by Gasteiger charge is 2.14. The lowest BCUT2D eigenvalue weighted by atomic mass is 10.2. The molecule has 1 aliphatic rings. The lowest BCUT2D eigenvalue weighted by molar-refractivity contribution is -0.114. The standard InChI is InChI=1S/C20H25ClN4O2/c1-24-9-11-25(12-10-24)17-6-4-16(5-7-17)22-14-20(26)23-18-13-15(21)3-8-19(18)27-2/h3-8,13,22H,9-12,14H2,1-2H3,(H,23,26). The second-order valence-corrected chi connectivity index (χ2v) is 7.02. The van der Waals surface area contributed by atoms with E-state index in [4.69, 9.17) is 16.3 Å². The second-order valence-electron chi connectivity index (χ2n) is 6.58. The maximum absolute atomic E-state index is 12.2. The van der Waals surface area contributed by atoms with E-state index in [9.17, 15) is 4.79 Å². The minimum absolute atomic E-state index is 0.156. The van der Waals surface area contributed by atoms with E-state index in [1.54, 1.807) is 25.3 Å². The summed E-state index contributed by atoms with van der Waals surface area (Å²) in [4.78, 5) is 16.9. The molecule has 0 aliphatic carbocycles. The number of amides is 1. The van der Waals surface area contributed by atoms with Crippen molar-refractivity contribution < 1.29 is 9.53 Å². The third-order valence-electron chi connectivity index (χ3n) is 4.62. The number of methoxy groups -OCH3 is 1. The van der Waals surface area contributed by atoms with Crippen molar-refractivity contribution in [1.82, 2.24) is 4.90 Å². The van der Waals surface area contributed by atoms with Crippen molar-refractivity contribution in [2.75, 3.05) is 62.4 Å². The van der Waals surface area contributed by atoms with Crippen molar-refractivity contribution in [2.24, 2.45) is 0 Å². The fraction of sp³-hybridized carbons (Fsp3) is 0.350. The minimum Gasteiger partial charge on any atom is -0.495 e. The van der Waals surface area contributed by atoms with Crippen molar-refractivity contribution in [3.8, 4) is 5.75 Å². The first kappa shape index (κ1) is 19.3. The van der Waals surface area contributed by atoms with Crippen LogP contribution in [0.15, 0.2) is 42.5 Å². The maximum Gasteiger partial charge on any atom is 0.243 e. The summed E-state index contributed by atoms with van der Waals surface area (Å²) >= 11 is 5.99. The van der Waals surface area contributed by atoms with E-state index in [-0.39, 0.29) is 12.5 Å². The van der Waals surface area contributed by atoms with Gasteiger partial charge in [0.15, 0.2) is 0 Å². The van der Waals surface area contributed by atoms with Crippen LogP contribution in [0.4, 0.5) is 17.1 Å². The average molecular weight is 389 g/mol. The Balaban J connectivity index is 1.52. The summed E-state index contributed by atoms with van der Waals surface area (Å²) in [5, 5.41) is 6.50. The highest BCUT2D eigenvalue weighted by molar-refractivity contribution is 6.31. The Kier molecular flexibility index (Phi) is 6.42. The smallest absolute Gasteiger partial charge is 0.243 e. The first-order valence-electron chi connectivity index (χ1n) is 8.96. The van der Waals surface area contributed by atoms with Crippen molar-refractivity contribution in [2.45, 2.75) is 0 Å². The monoisotopic (exact) mass is 388 g/mol. The van der Waals surface area contributed by atoms with Crippen molar-refractivity contribution >= 4 is 34.6 Å². The molecule has 0 spiro atoms. The molecular formula is C20H25ClN4O2. The van der Waals surface area contributed by atoms with E-state index in [0.717, 1.165) is 31.9 Å². The molecule has 6 nitrogen and oxygen atoms in total. The zero-order valence-electron chi connectivity index (χ0n) is 15.7. The lowest BCUT2D eigenvalue weighted by Crippen LogP contribution is -2.44. The number of halogens is 1. The van der Waals surface area contributed by atoms with Gasteiger partial charge in [0.1, 0.15) is 5.75 Å². The zero-order chi connectivity index (χ0) is 19.2. The van der Waals surface area contributed by atoms with Crippen LogP contribution in [0.25, 0.3) is 0 Å². The largest absolute Gasteiger partial charge is 0.495 e. The summed E-state index contributed by atoms with van der Waals surface area (Å²) < 4.78 is 5.24. The number of nitrogens with zero attached hydrogens (tertiary/aromatic N) is 2. The molecule has 0 saturated carbocycles. The van der Waals surface area contributed by atoms with Crippen LogP contribution in [0, 0.1) is 0 Å². The highest BCUT2D eigenvalue weighted by Crippen LogP contribution is 2.27. The van der Waals surface area contributed by atoms with Gasteiger partial charge < -0.3 is 25.2 Å².